The fourth-order valence-corrected chi connectivity index (χ4v) is 3.79. The minimum atomic E-state index is -2.66. The van der Waals surface area contributed by atoms with E-state index in [1.807, 2.05) is 0 Å². The largest absolute Gasteiger partial charge is 0.330 e. The monoisotopic (exact) mass is 218 g/mol. The predicted molar refractivity (Wildman–Crippen MR) is 55.8 cm³/mol. The zero-order chi connectivity index (χ0) is 10.2. The Kier molecular flexibility index (Phi) is 2.81. The molecule has 1 unspecified atom stereocenters. The van der Waals surface area contributed by atoms with Crippen molar-refractivity contribution in [3.63, 3.8) is 0 Å². The molecule has 1 atom stereocenters. The summed E-state index contributed by atoms with van der Waals surface area (Å²) in [6.07, 6.45) is 3.41. The van der Waals surface area contributed by atoms with Crippen LogP contribution in [0.2, 0.25) is 0 Å². The second-order valence-corrected chi connectivity index (χ2v) is 6.50. The van der Waals surface area contributed by atoms with E-state index >= 15 is 0 Å². The third-order valence-corrected chi connectivity index (χ3v) is 5.08. The van der Waals surface area contributed by atoms with Gasteiger partial charge in [-0.25, -0.2) is 8.42 Å². The standard InChI is InChI=1S/C9H18N2O2S/c10-4-1-2-8-3-5-11(8)9-6-14(12,13)7-9/h8-9H,1-7,10H2. The van der Waals surface area contributed by atoms with Gasteiger partial charge in [-0.05, 0) is 25.8 Å². The molecule has 0 spiro atoms. The number of nitrogens with two attached hydrogens (primary N) is 1. The van der Waals surface area contributed by atoms with E-state index in [1.165, 1.54) is 6.42 Å². The summed E-state index contributed by atoms with van der Waals surface area (Å²) < 4.78 is 22.0. The average molecular weight is 218 g/mol. The van der Waals surface area contributed by atoms with Gasteiger partial charge in [0.1, 0.15) is 0 Å². The highest BCUT2D eigenvalue weighted by atomic mass is 32.2. The maximum Gasteiger partial charge on any atom is 0.153 e. The van der Waals surface area contributed by atoms with Crippen LogP contribution in [0.3, 0.4) is 0 Å². The summed E-state index contributed by atoms with van der Waals surface area (Å²) in [7, 11) is -2.66. The number of hydrogen-bond acceptors (Lipinski definition) is 4. The van der Waals surface area contributed by atoms with E-state index in [9.17, 15) is 8.42 Å². The number of sulfone groups is 1. The molecule has 2 heterocycles. The molecule has 0 amide bonds. The van der Waals surface area contributed by atoms with Crippen molar-refractivity contribution >= 4 is 9.84 Å². The number of likely N-dealkylation sites (tertiary alicyclic amines) is 1. The molecule has 2 rings (SSSR count). The molecule has 2 saturated heterocycles. The van der Waals surface area contributed by atoms with Gasteiger partial charge in [0.05, 0.1) is 11.5 Å². The Hall–Kier alpha value is -0.130. The Morgan fingerprint density at radius 3 is 2.50 bits per heavy atom. The predicted octanol–water partition coefficient (Wildman–Crippen LogP) is -0.403. The Morgan fingerprint density at radius 1 is 1.36 bits per heavy atom. The van der Waals surface area contributed by atoms with Gasteiger partial charge in [0.15, 0.2) is 9.84 Å². The lowest BCUT2D eigenvalue weighted by atomic mass is 9.96. The second-order valence-electron chi connectivity index (χ2n) is 4.34. The minimum Gasteiger partial charge on any atom is -0.330 e. The Labute approximate surface area is 85.4 Å². The summed E-state index contributed by atoms with van der Waals surface area (Å²) in [6.45, 7) is 1.82. The van der Waals surface area contributed by atoms with Gasteiger partial charge in [-0.2, -0.15) is 0 Å². The van der Waals surface area contributed by atoms with Crippen LogP contribution in [-0.2, 0) is 9.84 Å². The van der Waals surface area contributed by atoms with Crippen LogP contribution in [-0.4, -0.2) is 50.0 Å². The van der Waals surface area contributed by atoms with Gasteiger partial charge in [0.2, 0.25) is 0 Å². The van der Waals surface area contributed by atoms with Crippen LogP contribution in [0.25, 0.3) is 0 Å². The Morgan fingerprint density at radius 2 is 2.07 bits per heavy atom. The quantitative estimate of drug-likeness (QED) is 0.697. The first-order valence-electron chi connectivity index (χ1n) is 5.28. The first-order chi connectivity index (χ1) is 6.62. The topological polar surface area (TPSA) is 63.4 Å². The number of nitrogens with zero attached hydrogens (tertiary/aromatic N) is 1. The number of rotatable bonds is 4. The molecule has 5 heteroatoms. The van der Waals surface area contributed by atoms with Crippen molar-refractivity contribution in [3.8, 4) is 0 Å². The van der Waals surface area contributed by atoms with Crippen molar-refractivity contribution in [2.24, 2.45) is 5.73 Å². The van der Waals surface area contributed by atoms with Gasteiger partial charge < -0.3 is 5.73 Å². The first kappa shape index (κ1) is 10.4. The maximum absolute atomic E-state index is 11.0. The highest BCUT2D eigenvalue weighted by Crippen LogP contribution is 2.29. The Bertz CT molecular complexity index is 290. The van der Waals surface area contributed by atoms with E-state index in [1.54, 1.807) is 0 Å². The summed E-state index contributed by atoms with van der Waals surface area (Å²) in [5, 5.41) is 0. The first-order valence-corrected chi connectivity index (χ1v) is 7.11. The highest BCUT2D eigenvalue weighted by molar-refractivity contribution is 7.92. The van der Waals surface area contributed by atoms with E-state index in [0.717, 1.165) is 25.9 Å². The summed E-state index contributed by atoms with van der Waals surface area (Å²) in [6, 6.07) is 0.926. The normalized spacial score (nSPS) is 32.2. The highest BCUT2D eigenvalue weighted by Gasteiger charge is 2.43. The smallest absolute Gasteiger partial charge is 0.153 e. The van der Waals surface area contributed by atoms with Crippen LogP contribution in [0, 0.1) is 0 Å². The van der Waals surface area contributed by atoms with Crippen LogP contribution in [0.5, 0.6) is 0 Å². The molecule has 2 aliphatic rings. The summed E-state index contributed by atoms with van der Waals surface area (Å²) >= 11 is 0. The van der Waals surface area contributed by atoms with Gasteiger partial charge in [0, 0.05) is 18.6 Å². The van der Waals surface area contributed by atoms with Crippen LogP contribution >= 0.6 is 0 Å². The van der Waals surface area contributed by atoms with Crippen LogP contribution in [0.4, 0.5) is 0 Å². The molecular formula is C9H18N2O2S. The van der Waals surface area contributed by atoms with E-state index < -0.39 is 9.84 Å². The molecule has 0 saturated carbocycles. The van der Waals surface area contributed by atoms with E-state index in [2.05, 4.69) is 4.90 Å². The summed E-state index contributed by atoms with van der Waals surface area (Å²) in [5.41, 5.74) is 5.45. The summed E-state index contributed by atoms with van der Waals surface area (Å²) in [5.74, 6) is 0.762. The fourth-order valence-electron chi connectivity index (χ4n) is 2.33. The molecule has 0 aliphatic carbocycles. The molecule has 0 aromatic heterocycles. The van der Waals surface area contributed by atoms with Crippen LogP contribution < -0.4 is 5.73 Å². The number of hydrogen-bond donors (Lipinski definition) is 1. The van der Waals surface area contributed by atoms with Crippen LogP contribution in [0.1, 0.15) is 19.3 Å². The van der Waals surface area contributed by atoms with E-state index in [4.69, 9.17) is 5.73 Å². The van der Waals surface area contributed by atoms with Gasteiger partial charge in [-0.1, -0.05) is 0 Å². The molecule has 0 aromatic carbocycles. The summed E-state index contributed by atoms with van der Waals surface area (Å²) in [4.78, 5) is 2.34. The van der Waals surface area contributed by atoms with Gasteiger partial charge in [-0.3, -0.25) is 4.90 Å². The van der Waals surface area contributed by atoms with Gasteiger partial charge in [0.25, 0.3) is 0 Å². The molecule has 82 valence electrons. The molecule has 2 N–H and O–H groups in total. The Balaban J connectivity index is 1.77. The lowest BCUT2D eigenvalue weighted by Gasteiger charge is -2.49. The van der Waals surface area contributed by atoms with Crippen molar-refractivity contribution in [2.75, 3.05) is 24.6 Å². The maximum atomic E-state index is 11.0. The van der Waals surface area contributed by atoms with Crippen molar-refractivity contribution < 1.29 is 8.42 Å². The van der Waals surface area contributed by atoms with Crippen molar-refractivity contribution in [1.29, 1.82) is 0 Å². The van der Waals surface area contributed by atoms with Crippen molar-refractivity contribution in [3.05, 3.63) is 0 Å². The van der Waals surface area contributed by atoms with E-state index in [0.29, 0.717) is 23.6 Å². The van der Waals surface area contributed by atoms with Crippen LogP contribution in [0.15, 0.2) is 0 Å². The third kappa shape index (κ3) is 1.94. The SMILES string of the molecule is NCCCC1CCN1C1CS(=O)(=O)C1. The average Bonchev–Trinajstić information content (AvgIpc) is 2.00. The van der Waals surface area contributed by atoms with Gasteiger partial charge in [-0.15, -0.1) is 0 Å². The molecule has 2 aliphatic heterocycles. The zero-order valence-electron chi connectivity index (χ0n) is 8.35. The molecular weight excluding hydrogens is 200 g/mol. The van der Waals surface area contributed by atoms with Crippen molar-refractivity contribution in [1.82, 2.24) is 4.90 Å². The fraction of sp³-hybridized carbons (Fsp3) is 1.00. The molecule has 0 radical (unpaired) electrons. The van der Waals surface area contributed by atoms with E-state index in [-0.39, 0.29) is 0 Å². The van der Waals surface area contributed by atoms with Gasteiger partial charge >= 0.3 is 0 Å². The molecule has 2 fully saturated rings. The third-order valence-electron chi connectivity index (χ3n) is 3.29. The van der Waals surface area contributed by atoms with Crippen molar-refractivity contribution in [2.45, 2.75) is 31.3 Å². The lowest BCUT2D eigenvalue weighted by molar-refractivity contribution is 0.0468. The molecule has 14 heavy (non-hydrogen) atoms. The minimum absolute atomic E-state index is 0.316. The molecule has 0 aromatic rings. The molecule has 0 bridgehead atoms. The second kappa shape index (κ2) is 3.79. The zero-order valence-corrected chi connectivity index (χ0v) is 9.17. The molecule has 4 nitrogen and oxygen atoms in total. The lowest BCUT2D eigenvalue weighted by Crippen LogP contribution is -2.62.